The molecule has 2 N–H and O–H groups in total. The summed E-state index contributed by atoms with van der Waals surface area (Å²) in [7, 11) is 0. The van der Waals surface area contributed by atoms with Crippen molar-refractivity contribution < 1.29 is 19.1 Å². The normalized spacial score (nSPS) is 15.4. The van der Waals surface area contributed by atoms with E-state index in [0.29, 0.717) is 23.7 Å². The number of ether oxygens (including phenoxy) is 1. The van der Waals surface area contributed by atoms with E-state index in [4.69, 9.17) is 4.74 Å². The van der Waals surface area contributed by atoms with Crippen molar-refractivity contribution in [2.24, 2.45) is 0 Å². The van der Waals surface area contributed by atoms with Gasteiger partial charge in [-0.05, 0) is 25.0 Å². The van der Waals surface area contributed by atoms with E-state index in [0.717, 1.165) is 10.6 Å². The van der Waals surface area contributed by atoms with Gasteiger partial charge < -0.3 is 15.4 Å². The minimum Gasteiger partial charge on any atom is -0.458 e. The van der Waals surface area contributed by atoms with E-state index >= 15 is 0 Å². The van der Waals surface area contributed by atoms with Crippen LogP contribution in [0.3, 0.4) is 0 Å². The summed E-state index contributed by atoms with van der Waals surface area (Å²) >= 11 is 1.39. The summed E-state index contributed by atoms with van der Waals surface area (Å²) in [4.78, 5) is 42.0. The molecule has 0 aliphatic carbocycles. The first-order valence-corrected chi connectivity index (χ1v) is 9.91. The van der Waals surface area contributed by atoms with Crippen LogP contribution in [-0.4, -0.2) is 39.9 Å². The van der Waals surface area contributed by atoms with E-state index in [-0.39, 0.29) is 12.5 Å². The molecular weight excluding hydrogens is 380 g/mol. The zero-order valence-electron chi connectivity index (χ0n) is 15.7. The molecule has 2 aromatic rings. The summed E-state index contributed by atoms with van der Waals surface area (Å²) in [5, 5.41) is 8.31. The van der Waals surface area contributed by atoms with Crippen LogP contribution < -0.4 is 10.6 Å². The lowest BCUT2D eigenvalue weighted by atomic mass is 9.93. The minimum absolute atomic E-state index is 0.0256. The number of urea groups is 1. The van der Waals surface area contributed by atoms with Gasteiger partial charge in [0.2, 0.25) is 0 Å². The molecular formula is C19H22N4O4S. The Morgan fingerprint density at radius 3 is 2.61 bits per heavy atom. The second kappa shape index (κ2) is 8.39. The number of amides is 3. The van der Waals surface area contributed by atoms with Crippen molar-refractivity contribution in [2.75, 3.05) is 11.9 Å². The molecule has 0 radical (unpaired) electrons. The van der Waals surface area contributed by atoms with Gasteiger partial charge in [-0.25, -0.2) is 9.78 Å². The monoisotopic (exact) mass is 402 g/mol. The number of carbonyl (C=O) groups is 3. The number of nitrogens with zero attached hydrogens (tertiary/aromatic N) is 2. The lowest BCUT2D eigenvalue weighted by molar-refractivity contribution is -0.149. The van der Waals surface area contributed by atoms with Gasteiger partial charge in [0.25, 0.3) is 5.91 Å². The Bertz CT molecular complexity index is 864. The standard InChI is InChI=1S/C19H22N4O4S/c1-3-19(4-2)16(25)23(18(26)22-19)10-15(24)27-11-14-12-28-17(21-14)20-13-8-6-5-7-9-13/h5-9,12H,3-4,10-11H2,1-2H3,(H,20,21)(H,22,26). The van der Waals surface area contributed by atoms with Crippen molar-refractivity contribution in [3.63, 3.8) is 0 Å². The van der Waals surface area contributed by atoms with Crippen molar-refractivity contribution in [3.8, 4) is 0 Å². The third kappa shape index (κ3) is 4.14. The Hall–Kier alpha value is -2.94. The van der Waals surface area contributed by atoms with E-state index < -0.39 is 24.1 Å². The summed E-state index contributed by atoms with van der Waals surface area (Å²) in [6, 6.07) is 9.04. The van der Waals surface area contributed by atoms with Crippen LogP contribution in [0.2, 0.25) is 0 Å². The number of nitrogens with one attached hydrogen (secondary N) is 2. The predicted molar refractivity (Wildman–Crippen MR) is 105 cm³/mol. The molecule has 1 saturated heterocycles. The number of esters is 1. The van der Waals surface area contributed by atoms with Crippen molar-refractivity contribution in [3.05, 3.63) is 41.4 Å². The van der Waals surface area contributed by atoms with Crippen LogP contribution in [0.4, 0.5) is 15.6 Å². The first-order chi connectivity index (χ1) is 13.5. The van der Waals surface area contributed by atoms with E-state index in [1.165, 1.54) is 11.3 Å². The lowest BCUT2D eigenvalue weighted by Gasteiger charge is -2.22. The molecule has 1 aromatic carbocycles. The molecule has 0 unspecified atom stereocenters. The maximum atomic E-state index is 12.5. The summed E-state index contributed by atoms with van der Waals surface area (Å²) < 4.78 is 5.19. The topological polar surface area (TPSA) is 101 Å². The fourth-order valence-electron chi connectivity index (χ4n) is 2.95. The SMILES string of the molecule is CCC1(CC)NC(=O)N(CC(=O)OCc2csc(Nc3ccccc3)n2)C1=O. The smallest absolute Gasteiger partial charge is 0.326 e. The number of imide groups is 1. The van der Waals surface area contributed by atoms with Crippen LogP contribution in [0, 0.1) is 0 Å². The van der Waals surface area contributed by atoms with Gasteiger partial charge in [0.15, 0.2) is 5.13 Å². The molecule has 1 aliphatic heterocycles. The van der Waals surface area contributed by atoms with Gasteiger partial charge in [0, 0.05) is 11.1 Å². The van der Waals surface area contributed by atoms with Crippen molar-refractivity contribution in [1.82, 2.24) is 15.2 Å². The van der Waals surface area contributed by atoms with Crippen LogP contribution in [-0.2, 0) is 20.9 Å². The number of thiazole rings is 1. The van der Waals surface area contributed by atoms with E-state index in [1.807, 2.05) is 44.2 Å². The highest BCUT2D eigenvalue weighted by molar-refractivity contribution is 7.13. The summed E-state index contributed by atoms with van der Waals surface area (Å²) in [5.74, 6) is -1.04. The fraction of sp³-hybridized carbons (Fsp3) is 0.368. The summed E-state index contributed by atoms with van der Waals surface area (Å²) in [5.41, 5.74) is 0.573. The number of para-hydroxylation sites is 1. The third-order valence-corrected chi connectivity index (χ3v) is 5.50. The molecule has 0 bridgehead atoms. The molecule has 3 amide bonds. The van der Waals surface area contributed by atoms with Crippen LogP contribution in [0.1, 0.15) is 32.4 Å². The fourth-order valence-corrected chi connectivity index (χ4v) is 3.67. The summed E-state index contributed by atoms with van der Waals surface area (Å²) in [6.07, 6.45) is 0.936. The van der Waals surface area contributed by atoms with E-state index in [9.17, 15) is 14.4 Å². The van der Waals surface area contributed by atoms with Gasteiger partial charge in [-0.15, -0.1) is 11.3 Å². The highest BCUT2D eigenvalue weighted by Crippen LogP contribution is 2.25. The number of benzene rings is 1. The molecule has 1 aromatic heterocycles. The molecule has 0 saturated carbocycles. The predicted octanol–water partition coefficient (Wildman–Crippen LogP) is 3.04. The second-order valence-corrected chi connectivity index (χ2v) is 7.26. The number of hydrogen-bond acceptors (Lipinski definition) is 7. The van der Waals surface area contributed by atoms with Gasteiger partial charge in [-0.3, -0.25) is 14.5 Å². The van der Waals surface area contributed by atoms with Gasteiger partial charge in [-0.1, -0.05) is 32.0 Å². The van der Waals surface area contributed by atoms with E-state index in [1.54, 1.807) is 5.38 Å². The van der Waals surface area contributed by atoms with Crippen molar-refractivity contribution >= 4 is 40.1 Å². The zero-order valence-corrected chi connectivity index (χ0v) is 16.5. The second-order valence-electron chi connectivity index (χ2n) is 6.41. The third-order valence-electron chi connectivity index (χ3n) is 4.70. The van der Waals surface area contributed by atoms with E-state index in [2.05, 4.69) is 15.6 Å². The zero-order chi connectivity index (χ0) is 20.1. The Labute approximate surface area is 166 Å². The van der Waals surface area contributed by atoms with Crippen molar-refractivity contribution in [2.45, 2.75) is 38.8 Å². The van der Waals surface area contributed by atoms with Gasteiger partial charge >= 0.3 is 12.0 Å². The number of anilines is 2. The molecule has 3 rings (SSSR count). The molecule has 1 fully saturated rings. The molecule has 0 spiro atoms. The number of carbonyl (C=O) groups excluding carboxylic acids is 3. The van der Waals surface area contributed by atoms with Gasteiger partial charge in [0.05, 0.1) is 5.69 Å². The Morgan fingerprint density at radius 1 is 1.25 bits per heavy atom. The number of hydrogen-bond donors (Lipinski definition) is 2. The maximum absolute atomic E-state index is 12.5. The average molecular weight is 402 g/mol. The first-order valence-electron chi connectivity index (χ1n) is 9.03. The van der Waals surface area contributed by atoms with Gasteiger partial charge in [-0.2, -0.15) is 0 Å². The molecule has 28 heavy (non-hydrogen) atoms. The molecule has 0 atom stereocenters. The highest BCUT2D eigenvalue weighted by Gasteiger charge is 2.49. The lowest BCUT2D eigenvalue weighted by Crippen LogP contribution is -2.46. The molecule has 8 nitrogen and oxygen atoms in total. The Balaban J connectivity index is 1.52. The average Bonchev–Trinajstić information content (AvgIpc) is 3.25. The highest BCUT2D eigenvalue weighted by atomic mass is 32.1. The largest absolute Gasteiger partial charge is 0.458 e. The van der Waals surface area contributed by atoms with Gasteiger partial charge in [0.1, 0.15) is 18.7 Å². The first kappa shape index (κ1) is 19.8. The van der Waals surface area contributed by atoms with Crippen LogP contribution >= 0.6 is 11.3 Å². The minimum atomic E-state index is -0.926. The Morgan fingerprint density at radius 2 is 1.96 bits per heavy atom. The number of aromatic nitrogens is 1. The molecule has 9 heteroatoms. The summed E-state index contributed by atoms with van der Waals surface area (Å²) in [6.45, 7) is 3.22. The van der Waals surface area contributed by atoms with Crippen LogP contribution in [0.15, 0.2) is 35.7 Å². The quantitative estimate of drug-likeness (QED) is 0.520. The number of rotatable bonds is 8. The van der Waals surface area contributed by atoms with Crippen molar-refractivity contribution in [1.29, 1.82) is 0 Å². The maximum Gasteiger partial charge on any atom is 0.326 e. The molecule has 148 valence electrons. The Kier molecular flexibility index (Phi) is 5.93. The molecule has 1 aliphatic rings. The van der Waals surface area contributed by atoms with Crippen LogP contribution in [0.25, 0.3) is 0 Å². The molecule has 2 heterocycles. The van der Waals surface area contributed by atoms with Crippen LogP contribution in [0.5, 0.6) is 0 Å².